The van der Waals surface area contributed by atoms with E-state index in [4.69, 9.17) is 0 Å². The highest BCUT2D eigenvalue weighted by Gasteiger charge is 2.07. The summed E-state index contributed by atoms with van der Waals surface area (Å²) in [5, 5.41) is 1.07. The number of aromatic amines is 1. The van der Waals surface area contributed by atoms with Crippen LogP contribution in [-0.2, 0) is 16.1 Å². The molecule has 2 aromatic rings. The lowest BCUT2D eigenvalue weighted by Crippen LogP contribution is -2.23. The van der Waals surface area contributed by atoms with E-state index >= 15 is 0 Å². The summed E-state index contributed by atoms with van der Waals surface area (Å²) in [6.45, 7) is 0. The Morgan fingerprint density at radius 1 is 1.47 bits per heavy atom. The summed E-state index contributed by atoms with van der Waals surface area (Å²) in [6, 6.07) is 7.88. The molecule has 1 aromatic carbocycles. The average Bonchev–Trinajstić information content (AvgIpc) is 2.62. The lowest BCUT2D eigenvalue weighted by atomic mass is 10.1. The molecule has 0 atom stereocenters. The molecule has 0 saturated heterocycles. The Balaban J connectivity index is 2.25. The molecule has 1 aromatic heterocycles. The number of hydrogen-bond acceptors (Lipinski definition) is 2. The molecule has 1 amide bonds. The lowest BCUT2D eigenvalue weighted by molar-refractivity contribution is -0.130. The maximum absolute atomic E-state index is 11.3. The SMILES string of the molecule is CONC(=O)Cc1c[nH]c2ccccc12. The number of rotatable bonds is 3. The minimum absolute atomic E-state index is 0.151. The van der Waals surface area contributed by atoms with E-state index in [1.54, 1.807) is 0 Å². The smallest absolute Gasteiger partial charge is 0.248 e. The maximum Gasteiger partial charge on any atom is 0.248 e. The number of hydroxylamine groups is 1. The van der Waals surface area contributed by atoms with Gasteiger partial charge >= 0.3 is 0 Å². The second-order valence-corrected chi connectivity index (χ2v) is 3.27. The largest absolute Gasteiger partial charge is 0.361 e. The Hall–Kier alpha value is -1.81. The van der Waals surface area contributed by atoms with Crippen molar-refractivity contribution >= 4 is 16.8 Å². The first kappa shape index (κ1) is 9.73. The molecule has 0 fully saturated rings. The van der Waals surface area contributed by atoms with E-state index in [1.807, 2.05) is 30.5 Å². The van der Waals surface area contributed by atoms with Gasteiger partial charge in [-0.1, -0.05) is 18.2 Å². The quantitative estimate of drug-likeness (QED) is 0.742. The zero-order chi connectivity index (χ0) is 10.7. The minimum atomic E-state index is -0.151. The molecule has 0 aliphatic heterocycles. The molecule has 4 heteroatoms. The first-order valence-corrected chi connectivity index (χ1v) is 4.68. The summed E-state index contributed by atoms with van der Waals surface area (Å²) in [5.41, 5.74) is 4.31. The highest BCUT2D eigenvalue weighted by molar-refractivity contribution is 5.88. The van der Waals surface area contributed by atoms with E-state index in [0.29, 0.717) is 6.42 Å². The summed E-state index contributed by atoms with van der Waals surface area (Å²) < 4.78 is 0. The van der Waals surface area contributed by atoms with E-state index in [-0.39, 0.29) is 5.91 Å². The van der Waals surface area contributed by atoms with Crippen LogP contribution in [-0.4, -0.2) is 18.0 Å². The molecule has 0 bridgehead atoms. The number of fused-ring (bicyclic) bond motifs is 1. The van der Waals surface area contributed by atoms with Crippen LogP contribution in [0.1, 0.15) is 5.56 Å². The molecular weight excluding hydrogens is 192 g/mol. The van der Waals surface area contributed by atoms with Crippen molar-refractivity contribution in [3.63, 3.8) is 0 Å². The number of benzene rings is 1. The van der Waals surface area contributed by atoms with E-state index in [1.165, 1.54) is 7.11 Å². The third-order valence-electron chi connectivity index (χ3n) is 2.24. The van der Waals surface area contributed by atoms with Gasteiger partial charge in [-0.3, -0.25) is 9.63 Å². The summed E-state index contributed by atoms with van der Waals surface area (Å²) >= 11 is 0. The standard InChI is InChI=1S/C11H12N2O2/c1-15-13-11(14)6-8-7-12-10-5-3-2-4-9(8)10/h2-5,7,12H,6H2,1H3,(H,13,14). The van der Waals surface area contributed by atoms with Crippen LogP contribution in [0.5, 0.6) is 0 Å². The number of carbonyl (C=O) groups is 1. The van der Waals surface area contributed by atoms with E-state index in [9.17, 15) is 4.79 Å². The van der Waals surface area contributed by atoms with Gasteiger partial charge < -0.3 is 4.98 Å². The third kappa shape index (κ3) is 1.99. The zero-order valence-corrected chi connectivity index (χ0v) is 8.41. The Labute approximate surface area is 87.2 Å². The van der Waals surface area contributed by atoms with Crippen LogP contribution in [0.2, 0.25) is 0 Å². The van der Waals surface area contributed by atoms with Crippen molar-refractivity contribution in [2.24, 2.45) is 0 Å². The molecule has 4 nitrogen and oxygen atoms in total. The van der Waals surface area contributed by atoms with Gasteiger partial charge in [0.1, 0.15) is 0 Å². The van der Waals surface area contributed by atoms with Crippen LogP contribution in [0, 0.1) is 0 Å². The van der Waals surface area contributed by atoms with Gasteiger partial charge in [-0.15, -0.1) is 0 Å². The van der Waals surface area contributed by atoms with Gasteiger partial charge in [-0.05, 0) is 11.6 Å². The molecular formula is C11H12N2O2. The van der Waals surface area contributed by atoms with Gasteiger partial charge in [0.15, 0.2) is 0 Å². The molecule has 0 radical (unpaired) electrons. The maximum atomic E-state index is 11.3. The van der Waals surface area contributed by atoms with Crippen molar-refractivity contribution in [3.05, 3.63) is 36.0 Å². The summed E-state index contributed by atoms with van der Waals surface area (Å²) in [4.78, 5) is 19.0. The monoisotopic (exact) mass is 204 g/mol. The molecule has 2 rings (SSSR count). The molecule has 0 aliphatic carbocycles. The van der Waals surface area contributed by atoms with Crippen LogP contribution in [0.4, 0.5) is 0 Å². The number of H-pyrrole nitrogens is 1. The number of amides is 1. The molecule has 1 heterocycles. The normalized spacial score (nSPS) is 10.5. The summed E-state index contributed by atoms with van der Waals surface area (Å²) in [6.07, 6.45) is 2.16. The van der Waals surface area contributed by atoms with Gasteiger partial charge in [-0.25, -0.2) is 5.48 Å². The van der Waals surface area contributed by atoms with E-state index in [2.05, 4.69) is 15.3 Å². The molecule has 0 spiro atoms. The first-order valence-electron chi connectivity index (χ1n) is 4.68. The average molecular weight is 204 g/mol. The molecule has 0 unspecified atom stereocenters. The molecule has 2 N–H and O–H groups in total. The van der Waals surface area contributed by atoms with E-state index < -0.39 is 0 Å². The van der Waals surface area contributed by atoms with Gasteiger partial charge in [0.2, 0.25) is 5.91 Å². The molecule has 15 heavy (non-hydrogen) atoms. The van der Waals surface area contributed by atoms with Crippen molar-refractivity contribution < 1.29 is 9.63 Å². The van der Waals surface area contributed by atoms with Crippen LogP contribution < -0.4 is 5.48 Å². The lowest BCUT2D eigenvalue weighted by Gasteiger charge is -2.00. The number of aromatic nitrogens is 1. The number of para-hydroxylation sites is 1. The predicted molar refractivity (Wildman–Crippen MR) is 57.2 cm³/mol. The molecule has 0 saturated carbocycles. The Kier molecular flexibility index (Phi) is 2.69. The number of nitrogens with one attached hydrogen (secondary N) is 2. The molecule has 78 valence electrons. The second-order valence-electron chi connectivity index (χ2n) is 3.27. The van der Waals surface area contributed by atoms with Crippen LogP contribution in [0.3, 0.4) is 0 Å². The van der Waals surface area contributed by atoms with Gasteiger partial charge in [-0.2, -0.15) is 0 Å². The van der Waals surface area contributed by atoms with Crippen LogP contribution in [0.25, 0.3) is 10.9 Å². The number of carbonyl (C=O) groups excluding carboxylic acids is 1. The highest BCUT2D eigenvalue weighted by atomic mass is 16.6. The van der Waals surface area contributed by atoms with Crippen molar-refractivity contribution in [1.29, 1.82) is 0 Å². The topological polar surface area (TPSA) is 54.1 Å². The highest BCUT2D eigenvalue weighted by Crippen LogP contribution is 2.17. The fraction of sp³-hybridized carbons (Fsp3) is 0.182. The Morgan fingerprint density at radius 3 is 3.07 bits per heavy atom. The van der Waals surface area contributed by atoms with Gasteiger partial charge in [0.25, 0.3) is 0 Å². The van der Waals surface area contributed by atoms with Crippen molar-refractivity contribution in [2.75, 3.05) is 7.11 Å². The van der Waals surface area contributed by atoms with E-state index in [0.717, 1.165) is 16.5 Å². The van der Waals surface area contributed by atoms with Gasteiger partial charge in [0.05, 0.1) is 13.5 Å². The van der Waals surface area contributed by atoms with Crippen molar-refractivity contribution in [2.45, 2.75) is 6.42 Å². The van der Waals surface area contributed by atoms with Crippen molar-refractivity contribution in [3.8, 4) is 0 Å². The Bertz CT molecular complexity index is 476. The van der Waals surface area contributed by atoms with Gasteiger partial charge in [0, 0.05) is 17.1 Å². The fourth-order valence-corrected chi connectivity index (χ4v) is 1.60. The van der Waals surface area contributed by atoms with Crippen molar-refractivity contribution in [1.82, 2.24) is 10.5 Å². The molecule has 0 aliphatic rings. The summed E-state index contributed by atoms with van der Waals surface area (Å²) in [7, 11) is 1.42. The fourth-order valence-electron chi connectivity index (χ4n) is 1.60. The Morgan fingerprint density at radius 2 is 2.27 bits per heavy atom. The second kappa shape index (κ2) is 4.14. The van der Waals surface area contributed by atoms with Crippen LogP contribution in [0.15, 0.2) is 30.5 Å². The van der Waals surface area contributed by atoms with Crippen LogP contribution >= 0.6 is 0 Å². The number of hydrogen-bond donors (Lipinski definition) is 2. The zero-order valence-electron chi connectivity index (χ0n) is 8.41. The predicted octanol–water partition coefficient (Wildman–Crippen LogP) is 1.39. The third-order valence-corrected chi connectivity index (χ3v) is 2.24. The minimum Gasteiger partial charge on any atom is -0.361 e. The first-order chi connectivity index (χ1) is 7.31. The summed E-state index contributed by atoms with van der Waals surface area (Å²) in [5.74, 6) is -0.151.